The van der Waals surface area contributed by atoms with E-state index in [0.29, 0.717) is 5.69 Å². The second-order valence-electron chi connectivity index (χ2n) is 5.03. The average molecular weight is 384 g/mol. The molecule has 0 spiro atoms. The van der Waals surface area contributed by atoms with E-state index >= 15 is 0 Å². The fraction of sp³-hybridized carbons (Fsp3) is 0.0714. The Hall–Kier alpha value is -2.72. The Kier molecular flexibility index (Phi) is 4.31. The maximum atomic E-state index is 13.2. The monoisotopic (exact) mass is 383 g/mol. The van der Waals surface area contributed by atoms with Crippen molar-refractivity contribution < 1.29 is 12.8 Å². The van der Waals surface area contributed by atoms with E-state index in [1.165, 1.54) is 31.3 Å². The first-order valence-corrected chi connectivity index (χ1v) is 8.71. The molecule has 0 fully saturated rings. The summed E-state index contributed by atoms with van der Waals surface area (Å²) in [6, 6.07) is 9.03. The van der Waals surface area contributed by atoms with Gasteiger partial charge in [-0.1, -0.05) is 11.6 Å². The summed E-state index contributed by atoms with van der Waals surface area (Å²) in [7, 11) is -2.48. The minimum Gasteiger partial charge on any atom is -0.280 e. The quantitative estimate of drug-likeness (QED) is 0.737. The summed E-state index contributed by atoms with van der Waals surface area (Å²) in [6.45, 7) is 0. The zero-order chi connectivity index (χ0) is 18.2. The van der Waals surface area contributed by atoms with Crippen molar-refractivity contribution in [3.63, 3.8) is 0 Å². The molecule has 11 heteroatoms. The number of rotatable bonds is 4. The number of nitrogens with one attached hydrogen (secondary N) is 1. The fourth-order valence-corrected chi connectivity index (χ4v) is 3.33. The van der Waals surface area contributed by atoms with Crippen LogP contribution in [0.2, 0.25) is 5.02 Å². The number of hydrogen-bond donors (Lipinski definition) is 1. The molecule has 0 aliphatic carbocycles. The van der Waals surface area contributed by atoms with Crippen LogP contribution in [-0.2, 0) is 17.1 Å². The third-order valence-corrected chi connectivity index (χ3v) is 4.96. The number of anilines is 1. The van der Waals surface area contributed by atoms with Crippen LogP contribution in [-0.4, -0.2) is 28.2 Å². The highest BCUT2D eigenvalue weighted by Gasteiger charge is 2.16. The van der Waals surface area contributed by atoms with Crippen LogP contribution in [0.3, 0.4) is 0 Å². The van der Waals surface area contributed by atoms with Gasteiger partial charge >= 0.3 is 5.69 Å². The molecule has 0 unspecified atom stereocenters. The van der Waals surface area contributed by atoms with Gasteiger partial charge in [0.15, 0.2) is 0 Å². The number of aryl methyl sites for hydroxylation is 1. The van der Waals surface area contributed by atoms with Crippen LogP contribution in [0.1, 0.15) is 0 Å². The van der Waals surface area contributed by atoms with Crippen molar-refractivity contribution in [1.29, 1.82) is 0 Å². The van der Waals surface area contributed by atoms with Crippen LogP contribution in [0.5, 0.6) is 0 Å². The highest BCUT2D eigenvalue weighted by molar-refractivity contribution is 7.92. The van der Waals surface area contributed by atoms with E-state index in [4.69, 9.17) is 11.6 Å². The van der Waals surface area contributed by atoms with Gasteiger partial charge in [-0.05, 0) is 52.9 Å². The second kappa shape index (κ2) is 6.30. The Morgan fingerprint density at radius 3 is 2.36 bits per heavy atom. The van der Waals surface area contributed by atoms with Crippen LogP contribution < -0.4 is 10.4 Å². The van der Waals surface area contributed by atoms with Gasteiger partial charge in [0.2, 0.25) is 0 Å². The van der Waals surface area contributed by atoms with Crippen molar-refractivity contribution >= 4 is 27.3 Å². The molecule has 0 aliphatic rings. The maximum absolute atomic E-state index is 13.2. The molecule has 8 nitrogen and oxygen atoms in total. The predicted molar refractivity (Wildman–Crippen MR) is 88.8 cm³/mol. The van der Waals surface area contributed by atoms with Gasteiger partial charge in [0.1, 0.15) is 5.82 Å². The van der Waals surface area contributed by atoms with E-state index in [1.54, 1.807) is 0 Å². The Morgan fingerprint density at radius 1 is 1.12 bits per heavy atom. The van der Waals surface area contributed by atoms with E-state index in [9.17, 15) is 17.6 Å². The lowest BCUT2D eigenvalue weighted by Gasteiger charge is -2.09. The van der Waals surface area contributed by atoms with Crippen molar-refractivity contribution in [3.05, 3.63) is 63.8 Å². The topological polar surface area (TPSA) is 98.9 Å². The number of aromatic nitrogens is 4. The van der Waals surface area contributed by atoms with E-state index in [0.717, 1.165) is 27.6 Å². The number of halogens is 2. The number of benzene rings is 2. The summed E-state index contributed by atoms with van der Waals surface area (Å²) in [6.07, 6.45) is 0. The van der Waals surface area contributed by atoms with Crippen LogP contribution in [0.25, 0.3) is 5.69 Å². The molecule has 0 saturated heterocycles. The average Bonchev–Trinajstić information content (AvgIpc) is 2.90. The molecule has 3 rings (SSSR count). The molecular formula is C14H11ClFN5O3S. The van der Waals surface area contributed by atoms with Gasteiger partial charge in [0, 0.05) is 12.7 Å². The lowest BCUT2D eigenvalue weighted by Crippen LogP contribution is -2.21. The Labute approximate surface area is 146 Å². The van der Waals surface area contributed by atoms with Crippen molar-refractivity contribution in [2.75, 3.05) is 4.72 Å². The largest absolute Gasteiger partial charge is 0.368 e. The van der Waals surface area contributed by atoms with Crippen molar-refractivity contribution in [2.24, 2.45) is 7.05 Å². The van der Waals surface area contributed by atoms with Gasteiger partial charge in [-0.15, -0.1) is 0 Å². The van der Waals surface area contributed by atoms with Gasteiger partial charge in [-0.2, -0.15) is 9.36 Å². The number of sulfonamides is 1. The summed E-state index contributed by atoms with van der Waals surface area (Å²) < 4.78 is 42.2. The van der Waals surface area contributed by atoms with Crippen molar-refractivity contribution in [2.45, 2.75) is 4.90 Å². The number of tetrazole rings is 1. The molecule has 0 saturated carbocycles. The lowest BCUT2D eigenvalue weighted by molar-refractivity contribution is 0.599. The molecule has 0 atom stereocenters. The third kappa shape index (κ3) is 3.39. The fourth-order valence-electron chi connectivity index (χ4n) is 2.00. The summed E-state index contributed by atoms with van der Waals surface area (Å²) >= 11 is 5.61. The number of nitrogens with zero attached hydrogens (tertiary/aromatic N) is 4. The summed E-state index contributed by atoms with van der Waals surface area (Å²) in [5.74, 6) is -0.709. The van der Waals surface area contributed by atoms with Crippen LogP contribution >= 0.6 is 11.6 Å². The van der Waals surface area contributed by atoms with Gasteiger partial charge in [0.05, 0.1) is 15.6 Å². The van der Waals surface area contributed by atoms with E-state index in [1.807, 2.05) is 0 Å². The third-order valence-electron chi connectivity index (χ3n) is 3.29. The molecule has 130 valence electrons. The van der Waals surface area contributed by atoms with Gasteiger partial charge in [-0.3, -0.25) is 4.72 Å². The van der Waals surface area contributed by atoms with Gasteiger partial charge < -0.3 is 0 Å². The molecule has 1 heterocycles. The maximum Gasteiger partial charge on any atom is 0.368 e. The molecule has 0 radical (unpaired) electrons. The SMILES string of the molecule is Cn1nnn(-c2ccc(NS(=O)(=O)c3ccc(F)c(Cl)c3)cc2)c1=O. The Balaban J connectivity index is 1.86. The smallest absolute Gasteiger partial charge is 0.280 e. The van der Waals surface area contributed by atoms with E-state index < -0.39 is 21.5 Å². The minimum absolute atomic E-state index is 0.173. The van der Waals surface area contributed by atoms with Crippen LogP contribution in [0.4, 0.5) is 10.1 Å². The standard InChI is InChI=1S/C14H11ClFN5O3S/c1-20-14(22)21(19-18-20)10-4-2-9(3-5-10)17-25(23,24)11-6-7-13(16)12(15)8-11/h2-8,17H,1H3. The molecule has 0 bridgehead atoms. The first-order chi connectivity index (χ1) is 11.8. The highest BCUT2D eigenvalue weighted by atomic mass is 35.5. The summed E-state index contributed by atoms with van der Waals surface area (Å²) in [5, 5.41) is 6.98. The first-order valence-electron chi connectivity index (χ1n) is 6.85. The lowest BCUT2D eigenvalue weighted by atomic mass is 10.3. The zero-order valence-electron chi connectivity index (χ0n) is 12.7. The Morgan fingerprint density at radius 2 is 1.80 bits per heavy atom. The molecule has 3 aromatic rings. The highest BCUT2D eigenvalue weighted by Crippen LogP contribution is 2.22. The van der Waals surface area contributed by atoms with Crippen molar-refractivity contribution in [3.8, 4) is 5.69 Å². The summed E-state index contributed by atoms with van der Waals surface area (Å²) in [4.78, 5) is 11.6. The molecule has 0 aliphatic heterocycles. The minimum atomic E-state index is -3.94. The Bertz CT molecular complexity index is 1090. The molecule has 0 amide bonds. The van der Waals surface area contributed by atoms with Crippen LogP contribution in [0, 0.1) is 5.82 Å². The second-order valence-corrected chi connectivity index (χ2v) is 7.11. The predicted octanol–water partition coefficient (Wildman–Crippen LogP) is 1.56. The molecule has 1 N–H and O–H groups in total. The molecule has 25 heavy (non-hydrogen) atoms. The molecule has 2 aromatic carbocycles. The van der Waals surface area contributed by atoms with E-state index in [2.05, 4.69) is 15.1 Å². The van der Waals surface area contributed by atoms with Crippen LogP contribution in [0.15, 0.2) is 52.2 Å². The van der Waals surface area contributed by atoms with Crippen molar-refractivity contribution in [1.82, 2.24) is 19.8 Å². The van der Waals surface area contributed by atoms with Gasteiger partial charge in [-0.25, -0.2) is 17.6 Å². The molecule has 1 aromatic heterocycles. The van der Waals surface area contributed by atoms with Gasteiger partial charge in [0.25, 0.3) is 10.0 Å². The normalized spacial score (nSPS) is 11.5. The van der Waals surface area contributed by atoms with E-state index in [-0.39, 0.29) is 15.6 Å². The summed E-state index contributed by atoms with van der Waals surface area (Å²) in [5.41, 5.74) is 0.237. The molecular weight excluding hydrogens is 373 g/mol. The zero-order valence-corrected chi connectivity index (χ0v) is 14.3. The first kappa shape index (κ1) is 17.1. The number of hydrogen-bond acceptors (Lipinski definition) is 5.